The third kappa shape index (κ3) is 4.43. The summed E-state index contributed by atoms with van der Waals surface area (Å²) in [5.41, 5.74) is 2.69. The predicted molar refractivity (Wildman–Crippen MR) is 91.7 cm³/mol. The van der Waals surface area contributed by atoms with Crippen molar-refractivity contribution >= 4 is 40.5 Å². The van der Waals surface area contributed by atoms with Gasteiger partial charge in [0, 0.05) is 26.0 Å². The average molecular weight is 349 g/mol. The number of nitrogens with zero attached hydrogens (tertiary/aromatic N) is 2. The summed E-state index contributed by atoms with van der Waals surface area (Å²) in [4.78, 5) is 17.3. The number of carbonyl (C=O) groups is 1. The molecular weight excluding hydrogens is 332 g/mol. The summed E-state index contributed by atoms with van der Waals surface area (Å²) in [6.07, 6.45) is 1.67. The largest absolute Gasteiger partial charge is 0.478 e. The van der Waals surface area contributed by atoms with E-state index >= 15 is 0 Å². The van der Waals surface area contributed by atoms with E-state index in [9.17, 15) is 4.79 Å². The average Bonchev–Trinajstić information content (AvgIpc) is 2.45. The number of carboxylic acid groups (broad SMARTS) is 1. The Morgan fingerprint density at radius 3 is 2.29 bits per heavy atom. The molecule has 0 heterocycles. The van der Waals surface area contributed by atoms with Crippen LogP contribution in [0.4, 0.5) is 11.4 Å². The first kappa shape index (κ1) is 16.9. The molecule has 2 aromatic carbocycles. The highest BCUT2D eigenvalue weighted by molar-refractivity contribution is 8.93. The van der Waals surface area contributed by atoms with Gasteiger partial charge in [0.05, 0.1) is 11.3 Å². The van der Waals surface area contributed by atoms with Crippen molar-refractivity contribution in [1.29, 1.82) is 0 Å². The fourth-order valence-corrected chi connectivity index (χ4v) is 1.77. The molecule has 0 saturated heterocycles. The van der Waals surface area contributed by atoms with Gasteiger partial charge in [0.1, 0.15) is 0 Å². The van der Waals surface area contributed by atoms with E-state index in [1.54, 1.807) is 30.5 Å². The Hall–Kier alpha value is -2.14. The molecule has 0 aliphatic heterocycles. The van der Waals surface area contributed by atoms with Crippen molar-refractivity contribution in [3.05, 3.63) is 59.7 Å². The lowest BCUT2D eigenvalue weighted by Gasteiger charge is -2.11. The number of benzene rings is 2. The van der Waals surface area contributed by atoms with Crippen LogP contribution in [0, 0.1) is 0 Å². The SMILES string of the molecule is Br.CN(C)c1ccc(C=Nc2ccccc2C(=O)O)cc1. The monoisotopic (exact) mass is 348 g/mol. The van der Waals surface area contributed by atoms with Crippen molar-refractivity contribution in [2.75, 3.05) is 19.0 Å². The minimum Gasteiger partial charge on any atom is -0.478 e. The second-order valence-electron chi connectivity index (χ2n) is 4.57. The Morgan fingerprint density at radius 1 is 1.10 bits per heavy atom. The molecule has 5 heteroatoms. The first-order valence-corrected chi connectivity index (χ1v) is 6.21. The number of rotatable bonds is 4. The quantitative estimate of drug-likeness (QED) is 0.855. The summed E-state index contributed by atoms with van der Waals surface area (Å²) in [7, 11) is 3.96. The molecule has 0 fully saturated rings. The minimum atomic E-state index is -0.972. The highest BCUT2D eigenvalue weighted by atomic mass is 79.9. The number of anilines is 1. The van der Waals surface area contributed by atoms with Gasteiger partial charge in [-0.25, -0.2) is 4.79 Å². The lowest BCUT2D eigenvalue weighted by Crippen LogP contribution is -2.08. The van der Waals surface area contributed by atoms with Gasteiger partial charge in [-0.15, -0.1) is 17.0 Å². The van der Waals surface area contributed by atoms with Crippen LogP contribution in [-0.4, -0.2) is 31.4 Å². The van der Waals surface area contributed by atoms with E-state index in [4.69, 9.17) is 5.11 Å². The van der Waals surface area contributed by atoms with E-state index in [1.165, 1.54) is 0 Å². The predicted octanol–water partition coefficient (Wildman–Crippen LogP) is 3.78. The van der Waals surface area contributed by atoms with Crippen molar-refractivity contribution in [3.63, 3.8) is 0 Å². The fraction of sp³-hybridized carbons (Fsp3) is 0.125. The molecule has 110 valence electrons. The maximum atomic E-state index is 11.1. The second kappa shape index (κ2) is 7.59. The lowest BCUT2D eigenvalue weighted by atomic mass is 10.2. The zero-order valence-electron chi connectivity index (χ0n) is 11.9. The number of hydrogen-bond acceptors (Lipinski definition) is 3. The van der Waals surface area contributed by atoms with Crippen molar-refractivity contribution < 1.29 is 9.90 Å². The summed E-state index contributed by atoms with van der Waals surface area (Å²) in [6, 6.07) is 14.6. The molecule has 2 aromatic rings. The maximum Gasteiger partial charge on any atom is 0.337 e. The molecule has 0 unspecified atom stereocenters. The van der Waals surface area contributed by atoms with Gasteiger partial charge in [-0.2, -0.15) is 0 Å². The van der Waals surface area contributed by atoms with Crippen molar-refractivity contribution in [3.8, 4) is 0 Å². The molecule has 0 atom stereocenters. The number of aliphatic imine (C=N–C) groups is 1. The number of para-hydroxylation sites is 1. The summed E-state index contributed by atoms with van der Waals surface area (Å²) in [5.74, 6) is -0.972. The van der Waals surface area contributed by atoms with E-state index in [2.05, 4.69) is 4.99 Å². The van der Waals surface area contributed by atoms with E-state index in [0.717, 1.165) is 11.3 Å². The maximum absolute atomic E-state index is 11.1. The molecule has 21 heavy (non-hydrogen) atoms. The Balaban J connectivity index is 0.00000220. The summed E-state index contributed by atoms with van der Waals surface area (Å²) in [6.45, 7) is 0. The van der Waals surface area contributed by atoms with Crippen LogP contribution in [-0.2, 0) is 0 Å². The van der Waals surface area contributed by atoms with Gasteiger partial charge in [0.25, 0.3) is 0 Å². The van der Waals surface area contributed by atoms with E-state index in [0.29, 0.717) is 5.69 Å². The summed E-state index contributed by atoms with van der Waals surface area (Å²) >= 11 is 0. The normalized spacial score (nSPS) is 10.2. The second-order valence-corrected chi connectivity index (χ2v) is 4.57. The Labute approximate surface area is 134 Å². The zero-order valence-corrected chi connectivity index (χ0v) is 13.6. The standard InChI is InChI=1S/C16H16N2O2.BrH/c1-18(2)13-9-7-12(8-10-13)11-17-15-6-4-3-5-14(15)16(19)20;/h3-11H,1-2H3,(H,19,20);1H. The summed E-state index contributed by atoms with van der Waals surface area (Å²) < 4.78 is 0. The van der Waals surface area contributed by atoms with Gasteiger partial charge in [0.15, 0.2) is 0 Å². The first-order valence-electron chi connectivity index (χ1n) is 6.21. The van der Waals surface area contributed by atoms with Crippen molar-refractivity contribution in [1.82, 2.24) is 0 Å². The minimum absolute atomic E-state index is 0. The highest BCUT2D eigenvalue weighted by Crippen LogP contribution is 2.19. The molecule has 2 rings (SSSR count). The van der Waals surface area contributed by atoms with E-state index < -0.39 is 5.97 Å². The fourth-order valence-electron chi connectivity index (χ4n) is 1.77. The Kier molecular flexibility index (Phi) is 6.11. The molecule has 0 saturated carbocycles. The van der Waals surface area contributed by atoms with Crippen LogP contribution in [0.15, 0.2) is 53.5 Å². The highest BCUT2D eigenvalue weighted by Gasteiger charge is 2.06. The van der Waals surface area contributed by atoms with Crippen molar-refractivity contribution in [2.45, 2.75) is 0 Å². The van der Waals surface area contributed by atoms with Gasteiger partial charge in [-0.05, 0) is 29.8 Å². The number of halogens is 1. The van der Waals surface area contributed by atoms with Gasteiger partial charge >= 0.3 is 5.97 Å². The zero-order chi connectivity index (χ0) is 14.5. The smallest absolute Gasteiger partial charge is 0.337 e. The Bertz CT molecular complexity index is 637. The van der Waals surface area contributed by atoms with Crippen molar-refractivity contribution in [2.24, 2.45) is 4.99 Å². The summed E-state index contributed by atoms with van der Waals surface area (Å²) in [5, 5.41) is 9.08. The van der Waals surface area contributed by atoms with Gasteiger partial charge < -0.3 is 10.0 Å². The Morgan fingerprint density at radius 2 is 1.71 bits per heavy atom. The van der Waals surface area contributed by atoms with E-state index in [-0.39, 0.29) is 22.5 Å². The number of carboxylic acids is 1. The van der Waals surface area contributed by atoms with Crippen LogP contribution in [0.3, 0.4) is 0 Å². The van der Waals surface area contributed by atoms with Gasteiger partial charge in [0.2, 0.25) is 0 Å². The third-order valence-electron chi connectivity index (χ3n) is 2.90. The third-order valence-corrected chi connectivity index (χ3v) is 2.90. The van der Waals surface area contributed by atoms with Crippen LogP contribution in [0.2, 0.25) is 0 Å². The molecule has 1 N–H and O–H groups in total. The van der Waals surface area contributed by atoms with Crippen LogP contribution < -0.4 is 4.90 Å². The van der Waals surface area contributed by atoms with Crippen LogP contribution in [0.25, 0.3) is 0 Å². The molecule has 0 aliphatic carbocycles. The molecule has 4 nitrogen and oxygen atoms in total. The molecule has 0 bridgehead atoms. The van der Waals surface area contributed by atoms with E-state index in [1.807, 2.05) is 43.3 Å². The molecular formula is C16H17BrN2O2. The molecule has 0 radical (unpaired) electrons. The van der Waals surface area contributed by atoms with Crippen LogP contribution in [0.1, 0.15) is 15.9 Å². The van der Waals surface area contributed by atoms with Gasteiger partial charge in [-0.1, -0.05) is 24.3 Å². The number of aromatic carboxylic acids is 1. The van der Waals surface area contributed by atoms with Gasteiger partial charge in [-0.3, -0.25) is 4.99 Å². The molecule has 0 amide bonds. The first-order chi connectivity index (χ1) is 9.58. The topological polar surface area (TPSA) is 52.9 Å². The lowest BCUT2D eigenvalue weighted by molar-refractivity contribution is 0.0698. The molecule has 0 spiro atoms. The number of hydrogen-bond donors (Lipinski definition) is 1. The molecule has 0 aliphatic rings. The van der Waals surface area contributed by atoms with Crippen LogP contribution in [0.5, 0.6) is 0 Å². The van der Waals surface area contributed by atoms with Crippen LogP contribution >= 0.6 is 17.0 Å². The molecule has 0 aromatic heterocycles.